The summed E-state index contributed by atoms with van der Waals surface area (Å²) < 4.78 is 4.48. The van der Waals surface area contributed by atoms with Gasteiger partial charge in [-0.1, -0.05) is 6.07 Å². The molecule has 3 nitrogen and oxygen atoms in total. The van der Waals surface area contributed by atoms with Gasteiger partial charge in [0.25, 0.3) is 0 Å². The molecule has 1 rings (SSSR count). The largest absolute Gasteiger partial charge is 0.464 e. The first-order chi connectivity index (χ1) is 5.77. The minimum atomic E-state index is -0.434. The molecule has 1 aromatic rings. The zero-order chi connectivity index (χ0) is 8.97. The van der Waals surface area contributed by atoms with Gasteiger partial charge in [-0.15, -0.1) is 11.6 Å². The maximum absolute atomic E-state index is 10.9. The lowest BCUT2D eigenvalue weighted by Gasteiger charge is -1.98. The number of hydrogen-bond donors (Lipinski definition) is 0. The molecule has 0 unspecified atom stereocenters. The number of methoxy groups -OCH3 is 1. The van der Waals surface area contributed by atoms with Gasteiger partial charge in [-0.25, -0.2) is 9.78 Å². The van der Waals surface area contributed by atoms with Crippen LogP contribution in [0.5, 0.6) is 0 Å². The lowest BCUT2D eigenvalue weighted by molar-refractivity contribution is 0.0594. The van der Waals surface area contributed by atoms with Crippen molar-refractivity contribution in [1.29, 1.82) is 0 Å². The van der Waals surface area contributed by atoms with E-state index in [1.54, 1.807) is 18.3 Å². The van der Waals surface area contributed by atoms with Crippen LogP contribution < -0.4 is 0 Å². The Bertz CT molecular complexity index is 271. The molecule has 1 aromatic heterocycles. The number of halogens is 1. The molecule has 12 heavy (non-hydrogen) atoms. The van der Waals surface area contributed by atoms with Crippen LogP contribution >= 0.6 is 11.6 Å². The first-order valence-electron chi connectivity index (χ1n) is 3.37. The fourth-order valence-corrected chi connectivity index (χ4v) is 0.887. The molecule has 1 heterocycles. The summed E-state index contributed by atoms with van der Waals surface area (Å²) in [6.45, 7) is 0. The molecule has 64 valence electrons. The van der Waals surface area contributed by atoms with Crippen LogP contribution in [0.15, 0.2) is 18.3 Å². The smallest absolute Gasteiger partial charge is 0.356 e. The molecule has 0 bridgehead atoms. The third-order valence-corrected chi connectivity index (χ3v) is 1.68. The summed E-state index contributed by atoms with van der Waals surface area (Å²) in [5, 5.41) is 0. The number of nitrogens with zero attached hydrogens (tertiary/aromatic N) is 1. The molecule has 4 heteroatoms. The minimum absolute atomic E-state index is 0.298. The molecule has 0 aromatic carbocycles. The van der Waals surface area contributed by atoms with Crippen LogP contribution in [-0.2, 0) is 10.6 Å². The number of carbonyl (C=O) groups is 1. The summed E-state index contributed by atoms with van der Waals surface area (Å²) in [7, 11) is 1.32. The van der Waals surface area contributed by atoms with Crippen LogP contribution in [0, 0.1) is 0 Å². The highest BCUT2D eigenvalue weighted by Crippen LogP contribution is 2.03. The molecule has 0 aliphatic rings. The Labute approximate surface area is 75.3 Å². The highest BCUT2D eigenvalue weighted by molar-refractivity contribution is 6.17. The van der Waals surface area contributed by atoms with Gasteiger partial charge >= 0.3 is 5.97 Å². The van der Waals surface area contributed by atoms with Crippen molar-refractivity contribution in [3.05, 3.63) is 29.6 Å². The number of esters is 1. The number of rotatable bonds is 2. The number of hydrogen-bond acceptors (Lipinski definition) is 3. The topological polar surface area (TPSA) is 39.2 Å². The molecule has 0 saturated heterocycles. The summed E-state index contributed by atoms with van der Waals surface area (Å²) in [6, 6.07) is 3.33. The fourth-order valence-electron chi connectivity index (χ4n) is 0.729. The first-order valence-corrected chi connectivity index (χ1v) is 3.90. The van der Waals surface area contributed by atoms with E-state index < -0.39 is 5.97 Å². The summed E-state index contributed by atoms with van der Waals surface area (Å²) in [4.78, 5) is 14.8. The molecular weight excluding hydrogens is 178 g/mol. The lowest BCUT2D eigenvalue weighted by Crippen LogP contribution is -2.03. The second-order valence-corrected chi connectivity index (χ2v) is 2.44. The number of carbonyl (C=O) groups excluding carboxylic acids is 1. The summed E-state index contributed by atoms with van der Waals surface area (Å²) in [5.74, 6) is -0.0369. The van der Waals surface area contributed by atoms with E-state index in [9.17, 15) is 4.79 Å². The molecule has 0 spiro atoms. The number of aromatic nitrogens is 1. The number of pyridine rings is 1. The van der Waals surface area contributed by atoms with Crippen LogP contribution in [0.2, 0.25) is 0 Å². The average Bonchev–Trinajstić information content (AvgIpc) is 2.17. The van der Waals surface area contributed by atoms with Crippen molar-refractivity contribution in [3.8, 4) is 0 Å². The van der Waals surface area contributed by atoms with Gasteiger partial charge < -0.3 is 4.74 Å². The molecule has 0 radical (unpaired) electrons. The molecule has 0 saturated carbocycles. The van der Waals surface area contributed by atoms with Crippen LogP contribution in [0.3, 0.4) is 0 Å². The van der Waals surface area contributed by atoms with E-state index in [4.69, 9.17) is 11.6 Å². The van der Waals surface area contributed by atoms with Crippen LogP contribution in [0.25, 0.3) is 0 Å². The monoisotopic (exact) mass is 185 g/mol. The van der Waals surface area contributed by atoms with Crippen LogP contribution in [0.4, 0.5) is 0 Å². The van der Waals surface area contributed by atoms with Gasteiger partial charge in [-0.05, 0) is 11.6 Å². The summed E-state index contributed by atoms with van der Waals surface area (Å²) in [6.07, 6.45) is 1.55. The van der Waals surface area contributed by atoms with Gasteiger partial charge in [0, 0.05) is 12.1 Å². The molecule has 0 fully saturated rings. The van der Waals surface area contributed by atoms with Gasteiger partial charge in [0.1, 0.15) is 5.69 Å². The van der Waals surface area contributed by atoms with Crippen molar-refractivity contribution in [1.82, 2.24) is 4.98 Å². The maximum atomic E-state index is 10.9. The lowest BCUT2D eigenvalue weighted by atomic mass is 10.3. The summed E-state index contributed by atoms with van der Waals surface area (Å²) >= 11 is 5.54. The normalized spacial score (nSPS) is 9.50. The molecule has 0 aliphatic carbocycles. The Morgan fingerprint density at radius 2 is 2.42 bits per heavy atom. The highest BCUT2D eigenvalue weighted by atomic mass is 35.5. The van der Waals surface area contributed by atoms with E-state index in [1.807, 2.05) is 0 Å². The molecule has 0 N–H and O–H groups in total. The molecule has 0 amide bonds. The van der Waals surface area contributed by atoms with Gasteiger partial charge in [0.15, 0.2) is 0 Å². The second kappa shape index (κ2) is 4.07. The van der Waals surface area contributed by atoms with E-state index in [0.717, 1.165) is 5.56 Å². The van der Waals surface area contributed by atoms with Gasteiger partial charge in [0.2, 0.25) is 0 Å². The number of alkyl halides is 1. The van der Waals surface area contributed by atoms with E-state index >= 15 is 0 Å². The van der Waals surface area contributed by atoms with Crippen molar-refractivity contribution in [2.75, 3.05) is 7.11 Å². The average molecular weight is 186 g/mol. The molecule has 0 aliphatic heterocycles. The number of ether oxygens (including phenoxy) is 1. The standard InChI is InChI=1S/C8H8ClNO2/c1-12-8(11)7-3-2-6(4-9)5-10-7/h2-3,5H,4H2,1H3. The maximum Gasteiger partial charge on any atom is 0.356 e. The molecule has 0 atom stereocenters. The van der Waals surface area contributed by atoms with Crippen molar-refractivity contribution in [2.24, 2.45) is 0 Å². The van der Waals surface area contributed by atoms with Crippen LogP contribution in [0.1, 0.15) is 16.1 Å². The van der Waals surface area contributed by atoms with Gasteiger partial charge in [-0.3, -0.25) is 0 Å². The molecular formula is C8H8ClNO2. The Morgan fingerprint density at radius 1 is 1.67 bits per heavy atom. The quantitative estimate of drug-likeness (QED) is 0.519. The van der Waals surface area contributed by atoms with E-state index in [2.05, 4.69) is 9.72 Å². The van der Waals surface area contributed by atoms with Gasteiger partial charge in [0.05, 0.1) is 7.11 Å². The van der Waals surface area contributed by atoms with E-state index in [-0.39, 0.29) is 0 Å². The van der Waals surface area contributed by atoms with Gasteiger partial charge in [-0.2, -0.15) is 0 Å². The van der Waals surface area contributed by atoms with Crippen molar-refractivity contribution < 1.29 is 9.53 Å². The first kappa shape index (κ1) is 9.00. The Balaban J connectivity index is 2.84. The zero-order valence-corrected chi connectivity index (χ0v) is 7.34. The Morgan fingerprint density at radius 3 is 2.83 bits per heavy atom. The van der Waals surface area contributed by atoms with E-state index in [1.165, 1.54) is 7.11 Å². The Kier molecular flexibility index (Phi) is 3.05. The SMILES string of the molecule is COC(=O)c1ccc(CCl)cn1. The predicted octanol–water partition coefficient (Wildman–Crippen LogP) is 1.61. The predicted molar refractivity (Wildman–Crippen MR) is 45.1 cm³/mol. The third kappa shape index (κ3) is 1.95. The van der Waals surface area contributed by atoms with Crippen molar-refractivity contribution >= 4 is 17.6 Å². The van der Waals surface area contributed by atoms with Crippen molar-refractivity contribution in [2.45, 2.75) is 5.88 Å². The minimum Gasteiger partial charge on any atom is -0.464 e. The highest BCUT2D eigenvalue weighted by Gasteiger charge is 2.05. The summed E-state index contributed by atoms with van der Waals surface area (Å²) in [5.41, 5.74) is 1.18. The second-order valence-electron chi connectivity index (χ2n) is 2.18. The van der Waals surface area contributed by atoms with E-state index in [0.29, 0.717) is 11.6 Å². The Hall–Kier alpha value is -1.09. The van der Waals surface area contributed by atoms with Crippen molar-refractivity contribution in [3.63, 3.8) is 0 Å². The fraction of sp³-hybridized carbons (Fsp3) is 0.250. The third-order valence-electron chi connectivity index (χ3n) is 1.37. The zero-order valence-electron chi connectivity index (χ0n) is 6.58. The van der Waals surface area contributed by atoms with Crippen LogP contribution in [-0.4, -0.2) is 18.1 Å².